The third-order valence-corrected chi connectivity index (χ3v) is 2.50. The van der Waals surface area contributed by atoms with Gasteiger partial charge >= 0.3 is 0 Å². The Bertz CT molecular complexity index is 439. The van der Waals surface area contributed by atoms with Crippen LogP contribution < -0.4 is 5.73 Å². The van der Waals surface area contributed by atoms with Crippen molar-refractivity contribution in [2.45, 2.75) is 12.8 Å². The first kappa shape index (κ1) is 9.49. The van der Waals surface area contributed by atoms with E-state index in [1.54, 1.807) is 0 Å². The summed E-state index contributed by atoms with van der Waals surface area (Å²) in [5.74, 6) is 0. The van der Waals surface area contributed by atoms with Gasteiger partial charge in [-0.3, -0.25) is 0 Å². The summed E-state index contributed by atoms with van der Waals surface area (Å²) in [5.41, 5.74) is 8.09. The Labute approximate surface area is 86.9 Å². The minimum Gasteiger partial charge on any atom is -0.443 e. The fraction of sp³-hybridized carbons (Fsp3) is 0.300. The number of fused-ring (bicyclic) bond motifs is 1. The Hall–Kier alpha value is -1.06. The maximum atomic E-state index is 6.07. The van der Waals surface area contributed by atoms with Gasteiger partial charge in [0.2, 0.25) is 0 Å². The van der Waals surface area contributed by atoms with E-state index in [0.717, 1.165) is 34.5 Å². The molecule has 0 saturated carbocycles. The fourth-order valence-corrected chi connectivity index (χ4v) is 1.66. The molecule has 0 fully saturated rings. The van der Waals surface area contributed by atoms with Gasteiger partial charge in [-0.05, 0) is 37.1 Å². The van der Waals surface area contributed by atoms with E-state index in [1.165, 1.54) is 6.39 Å². The quantitative estimate of drug-likeness (QED) is 0.846. The van der Waals surface area contributed by atoms with Crippen molar-refractivity contribution in [1.82, 2.24) is 4.98 Å². The molecule has 0 atom stereocenters. The molecule has 2 rings (SSSR count). The Balaban J connectivity index is 2.38. The second-order valence-electron chi connectivity index (χ2n) is 3.16. The molecule has 0 saturated heterocycles. The highest BCUT2D eigenvalue weighted by molar-refractivity contribution is 6.32. The lowest BCUT2D eigenvalue weighted by Gasteiger charge is -2.02. The summed E-state index contributed by atoms with van der Waals surface area (Å²) in [6.45, 7) is 0.671. The first-order chi connectivity index (χ1) is 6.81. The van der Waals surface area contributed by atoms with Gasteiger partial charge in [-0.15, -0.1) is 0 Å². The van der Waals surface area contributed by atoms with Crippen LogP contribution in [0.3, 0.4) is 0 Å². The largest absolute Gasteiger partial charge is 0.443 e. The molecule has 4 heteroatoms. The van der Waals surface area contributed by atoms with Gasteiger partial charge in [0.15, 0.2) is 12.0 Å². The van der Waals surface area contributed by atoms with E-state index in [0.29, 0.717) is 6.54 Å². The smallest absolute Gasteiger partial charge is 0.181 e. The Kier molecular flexibility index (Phi) is 2.70. The molecule has 0 amide bonds. The van der Waals surface area contributed by atoms with Crippen LogP contribution >= 0.6 is 11.6 Å². The maximum Gasteiger partial charge on any atom is 0.181 e. The molecule has 0 radical (unpaired) electrons. The lowest BCUT2D eigenvalue weighted by atomic mass is 10.1. The van der Waals surface area contributed by atoms with E-state index >= 15 is 0 Å². The van der Waals surface area contributed by atoms with Crippen LogP contribution in [0.25, 0.3) is 11.1 Å². The van der Waals surface area contributed by atoms with Crippen molar-refractivity contribution in [3.05, 3.63) is 29.1 Å². The van der Waals surface area contributed by atoms with Crippen molar-refractivity contribution in [3.63, 3.8) is 0 Å². The van der Waals surface area contributed by atoms with E-state index in [-0.39, 0.29) is 0 Å². The predicted octanol–water partition coefficient (Wildman–Crippen LogP) is 2.37. The van der Waals surface area contributed by atoms with Gasteiger partial charge < -0.3 is 10.2 Å². The van der Waals surface area contributed by atoms with Crippen LogP contribution in [0.2, 0.25) is 5.02 Å². The van der Waals surface area contributed by atoms with Gasteiger partial charge in [-0.25, -0.2) is 4.98 Å². The highest BCUT2D eigenvalue weighted by Crippen LogP contribution is 2.24. The summed E-state index contributed by atoms with van der Waals surface area (Å²) in [7, 11) is 0. The normalized spacial score (nSPS) is 11.0. The third-order valence-electron chi connectivity index (χ3n) is 2.15. The second kappa shape index (κ2) is 3.98. The van der Waals surface area contributed by atoms with Crippen LogP contribution in [-0.2, 0) is 6.42 Å². The lowest BCUT2D eigenvalue weighted by Crippen LogP contribution is -2.00. The van der Waals surface area contributed by atoms with Crippen LogP contribution in [0, 0.1) is 0 Å². The molecule has 1 aromatic carbocycles. The van der Waals surface area contributed by atoms with Crippen LogP contribution in [0.4, 0.5) is 0 Å². The van der Waals surface area contributed by atoms with E-state index in [4.69, 9.17) is 21.8 Å². The van der Waals surface area contributed by atoms with Crippen molar-refractivity contribution in [2.75, 3.05) is 6.54 Å². The summed E-state index contributed by atoms with van der Waals surface area (Å²) in [4.78, 5) is 4.03. The Morgan fingerprint density at radius 1 is 1.43 bits per heavy atom. The Morgan fingerprint density at radius 2 is 2.29 bits per heavy atom. The van der Waals surface area contributed by atoms with Crippen LogP contribution in [0.15, 0.2) is 22.9 Å². The molecule has 0 aliphatic heterocycles. The maximum absolute atomic E-state index is 6.07. The van der Waals surface area contributed by atoms with Gasteiger partial charge in [-0.2, -0.15) is 0 Å². The summed E-state index contributed by atoms with van der Waals surface area (Å²) < 4.78 is 5.19. The van der Waals surface area contributed by atoms with Gasteiger partial charge in [0.05, 0.1) is 0 Å². The standard InChI is InChI=1S/C10H11ClN2O/c11-8-5-9-10(14-6-13-9)4-7(8)2-1-3-12/h4-6H,1-3,12H2. The zero-order valence-electron chi connectivity index (χ0n) is 7.66. The number of hydrogen-bond donors (Lipinski definition) is 1. The average Bonchev–Trinajstić information content (AvgIpc) is 2.61. The van der Waals surface area contributed by atoms with Gasteiger partial charge in [0, 0.05) is 5.02 Å². The van der Waals surface area contributed by atoms with E-state index < -0.39 is 0 Å². The fourth-order valence-electron chi connectivity index (χ4n) is 1.40. The number of nitrogens with zero attached hydrogens (tertiary/aromatic N) is 1. The molecule has 14 heavy (non-hydrogen) atoms. The highest BCUT2D eigenvalue weighted by Gasteiger charge is 2.05. The van der Waals surface area contributed by atoms with E-state index in [2.05, 4.69) is 4.98 Å². The zero-order chi connectivity index (χ0) is 9.97. The number of aromatic nitrogens is 1. The molecular formula is C10H11ClN2O. The number of oxazole rings is 1. The summed E-state index contributed by atoms with van der Waals surface area (Å²) >= 11 is 6.07. The number of rotatable bonds is 3. The number of halogens is 1. The van der Waals surface area contributed by atoms with Crippen molar-refractivity contribution in [1.29, 1.82) is 0 Å². The molecule has 0 spiro atoms. The molecular weight excluding hydrogens is 200 g/mol. The van der Waals surface area contributed by atoms with Crippen LogP contribution in [0.5, 0.6) is 0 Å². The van der Waals surface area contributed by atoms with Crippen LogP contribution in [0.1, 0.15) is 12.0 Å². The zero-order valence-corrected chi connectivity index (χ0v) is 8.42. The molecule has 3 nitrogen and oxygen atoms in total. The molecule has 74 valence electrons. The number of aryl methyl sites for hydroxylation is 1. The van der Waals surface area contributed by atoms with Gasteiger partial charge in [0.1, 0.15) is 5.52 Å². The van der Waals surface area contributed by atoms with Crippen molar-refractivity contribution >= 4 is 22.7 Å². The monoisotopic (exact) mass is 210 g/mol. The SMILES string of the molecule is NCCCc1cc2ocnc2cc1Cl. The van der Waals surface area contributed by atoms with E-state index in [9.17, 15) is 0 Å². The number of benzene rings is 1. The average molecular weight is 211 g/mol. The number of nitrogens with two attached hydrogens (primary N) is 1. The van der Waals surface area contributed by atoms with Gasteiger partial charge in [-0.1, -0.05) is 11.6 Å². The molecule has 2 N–H and O–H groups in total. The van der Waals surface area contributed by atoms with Crippen molar-refractivity contribution in [2.24, 2.45) is 5.73 Å². The molecule has 0 bridgehead atoms. The lowest BCUT2D eigenvalue weighted by molar-refractivity contribution is 0.601. The Morgan fingerprint density at radius 3 is 3.07 bits per heavy atom. The van der Waals surface area contributed by atoms with E-state index in [1.807, 2.05) is 12.1 Å². The van der Waals surface area contributed by atoms with Crippen LogP contribution in [-0.4, -0.2) is 11.5 Å². The number of hydrogen-bond acceptors (Lipinski definition) is 3. The van der Waals surface area contributed by atoms with Crippen molar-refractivity contribution < 1.29 is 4.42 Å². The molecule has 0 aliphatic carbocycles. The summed E-state index contributed by atoms with van der Waals surface area (Å²) in [6, 6.07) is 3.76. The topological polar surface area (TPSA) is 52.0 Å². The molecule has 1 aromatic heterocycles. The molecule has 1 heterocycles. The highest BCUT2D eigenvalue weighted by atomic mass is 35.5. The minimum atomic E-state index is 0.671. The molecule has 0 unspecified atom stereocenters. The molecule has 2 aromatic rings. The minimum absolute atomic E-state index is 0.671. The summed E-state index contributed by atoms with van der Waals surface area (Å²) in [6.07, 6.45) is 3.24. The predicted molar refractivity (Wildman–Crippen MR) is 56.4 cm³/mol. The summed E-state index contributed by atoms with van der Waals surface area (Å²) in [5, 5.41) is 0.736. The molecule has 0 aliphatic rings. The van der Waals surface area contributed by atoms with Crippen molar-refractivity contribution in [3.8, 4) is 0 Å². The van der Waals surface area contributed by atoms with Gasteiger partial charge in [0.25, 0.3) is 0 Å². The first-order valence-corrected chi connectivity index (χ1v) is 4.91. The third kappa shape index (κ3) is 1.74. The second-order valence-corrected chi connectivity index (χ2v) is 3.56. The first-order valence-electron chi connectivity index (χ1n) is 4.53.